The second-order valence-electron chi connectivity index (χ2n) is 4.93. The Labute approximate surface area is 117 Å². The van der Waals surface area contributed by atoms with Gasteiger partial charge in [0, 0.05) is 44.3 Å². The summed E-state index contributed by atoms with van der Waals surface area (Å²) in [6.45, 7) is 4.48. The number of imidazole rings is 1. The van der Waals surface area contributed by atoms with Crippen molar-refractivity contribution < 1.29 is 4.79 Å². The van der Waals surface area contributed by atoms with E-state index in [-0.39, 0.29) is 11.9 Å². The van der Waals surface area contributed by atoms with Crippen LogP contribution in [0.2, 0.25) is 0 Å². The van der Waals surface area contributed by atoms with Crippen LogP contribution in [0.5, 0.6) is 0 Å². The fourth-order valence-corrected chi connectivity index (χ4v) is 2.37. The van der Waals surface area contributed by atoms with Gasteiger partial charge in [0.1, 0.15) is 12.1 Å². The summed E-state index contributed by atoms with van der Waals surface area (Å²) in [7, 11) is 0. The number of nitrogens with zero attached hydrogens (tertiary/aromatic N) is 4. The number of carbonyl (C=O) groups is 1. The molecule has 2 aromatic rings. The average molecular weight is 271 g/mol. The Morgan fingerprint density at radius 2 is 2.35 bits per heavy atom. The van der Waals surface area contributed by atoms with Gasteiger partial charge in [-0.3, -0.25) is 9.36 Å². The first-order chi connectivity index (χ1) is 9.75. The maximum atomic E-state index is 12.4. The lowest BCUT2D eigenvalue weighted by Crippen LogP contribution is -2.52. The SMILES string of the molecule is CC1CNCCN1C(=O)c1ccc(-n2ccnc2)nc1. The van der Waals surface area contributed by atoms with Crippen molar-refractivity contribution in [2.45, 2.75) is 13.0 Å². The van der Waals surface area contributed by atoms with Gasteiger partial charge in [-0.25, -0.2) is 9.97 Å². The third-order valence-corrected chi connectivity index (χ3v) is 3.53. The monoisotopic (exact) mass is 271 g/mol. The molecule has 20 heavy (non-hydrogen) atoms. The Balaban J connectivity index is 1.78. The van der Waals surface area contributed by atoms with Crippen molar-refractivity contribution in [3.63, 3.8) is 0 Å². The summed E-state index contributed by atoms with van der Waals surface area (Å²) < 4.78 is 1.81. The Bertz CT molecular complexity index is 578. The molecule has 2 aromatic heterocycles. The number of pyridine rings is 1. The number of amides is 1. The van der Waals surface area contributed by atoms with Crippen LogP contribution < -0.4 is 5.32 Å². The standard InChI is InChI=1S/C14H17N5O/c1-11-8-15-5-7-19(11)14(20)12-2-3-13(17-9-12)18-6-4-16-10-18/h2-4,6,9-11,15H,5,7-8H2,1H3. The van der Waals surface area contributed by atoms with Gasteiger partial charge in [0.05, 0.1) is 5.56 Å². The van der Waals surface area contributed by atoms with E-state index < -0.39 is 0 Å². The summed E-state index contributed by atoms with van der Waals surface area (Å²) >= 11 is 0. The van der Waals surface area contributed by atoms with Crippen molar-refractivity contribution in [2.75, 3.05) is 19.6 Å². The molecule has 3 heterocycles. The lowest BCUT2D eigenvalue weighted by molar-refractivity contribution is 0.0655. The number of piperazine rings is 1. The lowest BCUT2D eigenvalue weighted by atomic mass is 10.1. The van der Waals surface area contributed by atoms with Crippen molar-refractivity contribution in [1.29, 1.82) is 0 Å². The molecular weight excluding hydrogens is 254 g/mol. The minimum Gasteiger partial charge on any atom is -0.333 e. The number of hydrogen-bond acceptors (Lipinski definition) is 4. The van der Waals surface area contributed by atoms with Crippen LogP contribution in [-0.2, 0) is 0 Å². The minimum absolute atomic E-state index is 0.0451. The Kier molecular flexibility index (Phi) is 3.47. The van der Waals surface area contributed by atoms with E-state index in [1.165, 1.54) is 0 Å². The highest BCUT2D eigenvalue weighted by Crippen LogP contribution is 2.11. The van der Waals surface area contributed by atoms with Gasteiger partial charge in [0.25, 0.3) is 5.91 Å². The number of carbonyl (C=O) groups excluding carboxylic acids is 1. The zero-order valence-corrected chi connectivity index (χ0v) is 11.4. The fraction of sp³-hybridized carbons (Fsp3) is 0.357. The van der Waals surface area contributed by atoms with Gasteiger partial charge >= 0.3 is 0 Å². The molecule has 0 spiro atoms. The van der Waals surface area contributed by atoms with Gasteiger partial charge < -0.3 is 10.2 Å². The van der Waals surface area contributed by atoms with Crippen LogP contribution >= 0.6 is 0 Å². The molecule has 6 nitrogen and oxygen atoms in total. The van der Waals surface area contributed by atoms with E-state index in [4.69, 9.17) is 0 Å². The maximum absolute atomic E-state index is 12.4. The van der Waals surface area contributed by atoms with E-state index in [1.807, 2.05) is 27.8 Å². The van der Waals surface area contributed by atoms with E-state index in [9.17, 15) is 4.79 Å². The molecule has 1 fully saturated rings. The molecule has 1 aliphatic heterocycles. The van der Waals surface area contributed by atoms with Crippen molar-refractivity contribution >= 4 is 5.91 Å². The van der Waals surface area contributed by atoms with E-state index >= 15 is 0 Å². The summed E-state index contributed by atoms with van der Waals surface area (Å²) in [5.74, 6) is 0.802. The molecular formula is C14H17N5O. The number of aromatic nitrogens is 3. The van der Waals surface area contributed by atoms with Gasteiger partial charge in [-0.05, 0) is 19.1 Å². The zero-order valence-electron chi connectivity index (χ0n) is 11.4. The first-order valence-electron chi connectivity index (χ1n) is 6.72. The molecule has 1 amide bonds. The highest BCUT2D eigenvalue weighted by molar-refractivity contribution is 5.94. The molecule has 6 heteroatoms. The summed E-state index contributed by atoms with van der Waals surface area (Å²) in [5, 5.41) is 3.28. The van der Waals surface area contributed by atoms with Crippen LogP contribution in [-0.4, -0.2) is 51.0 Å². The molecule has 0 bridgehead atoms. The van der Waals surface area contributed by atoms with E-state index in [1.54, 1.807) is 18.7 Å². The molecule has 0 aromatic carbocycles. The smallest absolute Gasteiger partial charge is 0.255 e. The average Bonchev–Trinajstić information content (AvgIpc) is 3.01. The van der Waals surface area contributed by atoms with Crippen LogP contribution in [0.25, 0.3) is 5.82 Å². The van der Waals surface area contributed by atoms with Crippen LogP contribution in [0.15, 0.2) is 37.1 Å². The summed E-state index contributed by atoms with van der Waals surface area (Å²) in [4.78, 5) is 22.6. The third kappa shape index (κ3) is 2.42. The van der Waals surface area contributed by atoms with Crippen molar-refractivity contribution in [3.8, 4) is 5.82 Å². The highest BCUT2D eigenvalue weighted by atomic mass is 16.2. The summed E-state index contributed by atoms with van der Waals surface area (Å²) in [5.41, 5.74) is 0.627. The van der Waals surface area contributed by atoms with E-state index in [0.29, 0.717) is 5.56 Å². The largest absolute Gasteiger partial charge is 0.333 e. The quantitative estimate of drug-likeness (QED) is 0.873. The van der Waals surface area contributed by atoms with Gasteiger partial charge in [0.15, 0.2) is 0 Å². The summed E-state index contributed by atoms with van der Waals surface area (Å²) in [6, 6.07) is 3.87. The van der Waals surface area contributed by atoms with Crippen LogP contribution in [0.3, 0.4) is 0 Å². The van der Waals surface area contributed by atoms with Gasteiger partial charge in [0.2, 0.25) is 0 Å². The first kappa shape index (κ1) is 12.8. The second kappa shape index (κ2) is 5.42. The normalized spacial score (nSPS) is 19.1. The van der Waals surface area contributed by atoms with Crippen LogP contribution in [0, 0.1) is 0 Å². The van der Waals surface area contributed by atoms with Gasteiger partial charge in [-0.15, -0.1) is 0 Å². The molecule has 1 saturated heterocycles. The van der Waals surface area contributed by atoms with Gasteiger partial charge in [-0.1, -0.05) is 0 Å². The number of hydrogen-bond donors (Lipinski definition) is 1. The van der Waals surface area contributed by atoms with E-state index in [2.05, 4.69) is 22.2 Å². The lowest BCUT2D eigenvalue weighted by Gasteiger charge is -2.33. The zero-order chi connectivity index (χ0) is 13.9. The predicted octanol–water partition coefficient (Wildman–Crippen LogP) is 0.701. The van der Waals surface area contributed by atoms with Crippen molar-refractivity contribution in [2.24, 2.45) is 0 Å². The first-order valence-corrected chi connectivity index (χ1v) is 6.72. The third-order valence-electron chi connectivity index (χ3n) is 3.53. The highest BCUT2D eigenvalue weighted by Gasteiger charge is 2.24. The fourth-order valence-electron chi connectivity index (χ4n) is 2.37. The molecule has 0 saturated carbocycles. The van der Waals surface area contributed by atoms with Gasteiger partial charge in [-0.2, -0.15) is 0 Å². The molecule has 1 N–H and O–H groups in total. The molecule has 104 valence electrons. The maximum Gasteiger partial charge on any atom is 0.255 e. The molecule has 0 aliphatic carbocycles. The summed E-state index contributed by atoms with van der Waals surface area (Å²) in [6.07, 6.45) is 6.83. The number of nitrogens with one attached hydrogen (secondary N) is 1. The van der Waals surface area contributed by atoms with Crippen molar-refractivity contribution in [1.82, 2.24) is 24.8 Å². The topological polar surface area (TPSA) is 63.1 Å². The predicted molar refractivity (Wildman–Crippen MR) is 74.7 cm³/mol. The minimum atomic E-state index is 0.0451. The van der Waals surface area contributed by atoms with Crippen molar-refractivity contribution in [3.05, 3.63) is 42.6 Å². The van der Waals surface area contributed by atoms with E-state index in [0.717, 1.165) is 25.5 Å². The molecule has 3 rings (SSSR count). The Morgan fingerprint density at radius 1 is 1.45 bits per heavy atom. The molecule has 1 unspecified atom stereocenters. The molecule has 1 aliphatic rings. The Morgan fingerprint density at radius 3 is 3.00 bits per heavy atom. The molecule has 0 radical (unpaired) electrons. The Hall–Kier alpha value is -2.21. The number of rotatable bonds is 2. The van der Waals surface area contributed by atoms with Crippen LogP contribution in [0.4, 0.5) is 0 Å². The second-order valence-corrected chi connectivity index (χ2v) is 4.93. The molecule has 1 atom stereocenters. The van der Waals surface area contributed by atoms with Crippen LogP contribution in [0.1, 0.15) is 17.3 Å².